The number of aromatic nitrogens is 2. The van der Waals surface area contributed by atoms with Crippen LogP contribution in [0.4, 0.5) is 0 Å². The smallest absolute Gasteiger partial charge is 0.261 e. The molecule has 1 N–H and O–H groups in total. The van der Waals surface area contributed by atoms with Crippen LogP contribution in [0.5, 0.6) is 5.75 Å². The van der Waals surface area contributed by atoms with Crippen molar-refractivity contribution in [3.05, 3.63) is 47.0 Å². The van der Waals surface area contributed by atoms with Crippen molar-refractivity contribution in [2.45, 2.75) is 19.6 Å². The first kappa shape index (κ1) is 14.6. The summed E-state index contributed by atoms with van der Waals surface area (Å²) in [6, 6.07) is 7.43. The number of nitrogens with zero attached hydrogens (tertiary/aromatic N) is 2. The zero-order chi connectivity index (χ0) is 14.5. The van der Waals surface area contributed by atoms with Crippen LogP contribution >= 0.6 is 15.9 Å². The normalized spacial score (nSPS) is 11.9. The molecule has 2 rings (SSSR count). The van der Waals surface area contributed by atoms with Gasteiger partial charge in [0.15, 0.2) is 6.10 Å². The highest BCUT2D eigenvalue weighted by Crippen LogP contribution is 2.24. The lowest BCUT2D eigenvalue weighted by Gasteiger charge is -2.15. The third-order valence-corrected chi connectivity index (χ3v) is 3.51. The lowest BCUT2D eigenvalue weighted by Crippen LogP contribution is -2.36. The number of hydrogen-bond donors (Lipinski definition) is 1. The second-order valence-electron chi connectivity index (χ2n) is 4.36. The summed E-state index contributed by atoms with van der Waals surface area (Å²) in [7, 11) is 1.88. The Morgan fingerprint density at radius 3 is 2.90 bits per heavy atom. The third-order valence-electron chi connectivity index (χ3n) is 2.85. The Balaban J connectivity index is 1.89. The van der Waals surface area contributed by atoms with E-state index in [-0.39, 0.29) is 5.91 Å². The average Bonchev–Trinajstić information content (AvgIpc) is 2.84. The van der Waals surface area contributed by atoms with Crippen LogP contribution in [0.1, 0.15) is 12.7 Å². The summed E-state index contributed by atoms with van der Waals surface area (Å²) >= 11 is 3.38. The van der Waals surface area contributed by atoms with Crippen molar-refractivity contribution in [2.24, 2.45) is 7.05 Å². The number of ether oxygens (including phenoxy) is 1. The number of aryl methyl sites for hydroxylation is 1. The van der Waals surface area contributed by atoms with E-state index < -0.39 is 6.10 Å². The topological polar surface area (TPSA) is 56.1 Å². The standard InChI is InChI=1S/C14H16BrN3O2/c1-10(20-12-6-4-3-5-11(12)15)14(19)17-9-13-16-7-8-18(13)2/h3-8,10H,9H2,1-2H3,(H,17,19). The Morgan fingerprint density at radius 2 is 2.25 bits per heavy atom. The summed E-state index contributed by atoms with van der Waals surface area (Å²) in [4.78, 5) is 16.1. The van der Waals surface area contributed by atoms with Crippen LogP contribution in [0.25, 0.3) is 0 Å². The lowest BCUT2D eigenvalue weighted by molar-refractivity contribution is -0.127. The number of amides is 1. The maximum atomic E-state index is 12.0. The molecule has 1 heterocycles. The van der Waals surface area contributed by atoms with E-state index in [1.54, 1.807) is 13.1 Å². The zero-order valence-corrected chi connectivity index (χ0v) is 12.9. The molecule has 0 spiro atoms. The Morgan fingerprint density at radius 1 is 1.50 bits per heavy atom. The van der Waals surface area contributed by atoms with Crippen LogP contribution in [0.15, 0.2) is 41.1 Å². The minimum absolute atomic E-state index is 0.177. The fourth-order valence-corrected chi connectivity index (χ4v) is 2.04. The molecule has 6 heteroatoms. The van der Waals surface area contributed by atoms with Crippen molar-refractivity contribution in [3.63, 3.8) is 0 Å². The minimum Gasteiger partial charge on any atom is -0.480 e. The van der Waals surface area contributed by atoms with Crippen LogP contribution < -0.4 is 10.1 Å². The lowest BCUT2D eigenvalue weighted by atomic mass is 10.3. The fourth-order valence-electron chi connectivity index (χ4n) is 1.66. The van der Waals surface area contributed by atoms with Crippen molar-refractivity contribution < 1.29 is 9.53 Å². The molecule has 20 heavy (non-hydrogen) atoms. The minimum atomic E-state index is -0.575. The van der Waals surface area contributed by atoms with E-state index in [4.69, 9.17) is 4.74 Å². The number of hydrogen-bond acceptors (Lipinski definition) is 3. The first-order valence-electron chi connectivity index (χ1n) is 6.23. The van der Waals surface area contributed by atoms with Gasteiger partial charge < -0.3 is 14.6 Å². The van der Waals surface area contributed by atoms with Crippen LogP contribution in [-0.2, 0) is 18.4 Å². The van der Waals surface area contributed by atoms with Gasteiger partial charge in [-0.1, -0.05) is 12.1 Å². The molecule has 0 aliphatic heterocycles. The van der Waals surface area contributed by atoms with E-state index in [1.165, 1.54) is 0 Å². The van der Waals surface area contributed by atoms with Crippen molar-refractivity contribution >= 4 is 21.8 Å². The second-order valence-corrected chi connectivity index (χ2v) is 5.22. The van der Waals surface area contributed by atoms with Gasteiger partial charge in [0.2, 0.25) is 0 Å². The highest BCUT2D eigenvalue weighted by Gasteiger charge is 2.16. The molecule has 0 fully saturated rings. The molecule has 1 amide bonds. The van der Waals surface area contributed by atoms with Crippen LogP contribution in [0.3, 0.4) is 0 Å². The molecule has 0 saturated heterocycles. The van der Waals surface area contributed by atoms with Gasteiger partial charge in [0.25, 0.3) is 5.91 Å². The highest BCUT2D eigenvalue weighted by atomic mass is 79.9. The molecule has 1 atom stereocenters. The molecule has 1 aromatic heterocycles. The Bertz CT molecular complexity index is 598. The number of carbonyl (C=O) groups excluding carboxylic acids is 1. The van der Waals surface area contributed by atoms with Gasteiger partial charge in [0.05, 0.1) is 11.0 Å². The Kier molecular flexibility index (Phi) is 4.79. The summed E-state index contributed by atoms with van der Waals surface area (Å²) < 4.78 is 8.30. The Hall–Kier alpha value is -1.82. The van der Waals surface area contributed by atoms with E-state index in [0.29, 0.717) is 12.3 Å². The van der Waals surface area contributed by atoms with Gasteiger partial charge in [-0.25, -0.2) is 4.98 Å². The number of imidazole rings is 1. The second kappa shape index (κ2) is 6.56. The first-order chi connectivity index (χ1) is 9.58. The quantitative estimate of drug-likeness (QED) is 0.910. The summed E-state index contributed by atoms with van der Waals surface area (Å²) in [6.07, 6.45) is 2.96. The van der Waals surface area contributed by atoms with E-state index in [9.17, 15) is 4.79 Å². The Labute approximate surface area is 126 Å². The number of carbonyl (C=O) groups is 1. The van der Waals surface area contributed by atoms with Crippen LogP contribution in [-0.4, -0.2) is 21.6 Å². The molecule has 5 nitrogen and oxygen atoms in total. The van der Waals surface area contributed by atoms with Crippen LogP contribution in [0.2, 0.25) is 0 Å². The van der Waals surface area contributed by atoms with E-state index in [1.807, 2.05) is 42.1 Å². The molecular formula is C14H16BrN3O2. The molecule has 0 saturated carbocycles. The predicted molar refractivity (Wildman–Crippen MR) is 79.3 cm³/mol. The van der Waals surface area contributed by atoms with Gasteiger partial charge in [0, 0.05) is 19.4 Å². The van der Waals surface area contributed by atoms with E-state index in [2.05, 4.69) is 26.2 Å². The zero-order valence-electron chi connectivity index (χ0n) is 11.3. The first-order valence-corrected chi connectivity index (χ1v) is 7.02. The maximum absolute atomic E-state index is 12.0. The van der Waals surface area contributed by atoms with Crippen molar-refractivity contribution in [3.8, 4) is 5.75 Å². The number of rotatable bonds is 5. The van der Waals surface area contributed by atoms with Crippen molar-refractivity contribution in [2.75, 3.05) is 0 Å². The third kappa shape index (κ3) is 3.60. The largest absolute Gasteiger partial charge is 0.480 e. The molecule has 106 valence electrons. The molecule has 2 aromatic rings. The van der Waals surface area contributed by atoms with E-state index >= 15 is 0 Å². The summed E-state index contributed by atoms with van der Waals surface area (Å²) in [5.41, 5.74) is 0. The molecule has 1 aromatic carbocycles. The predicted octanol–water partition coefficient (Wildman–Crippen LogP) is 2.27. The summed E-state index contributed by atoms with van der Waals surface area (Å²) in [6.45, 7) is 2.10. The van der Waals surface area contributed by atoms with Gasteiger partial charge in [-0.3, -0.25) is 4.79 Å². The highest BCUT2D eigenvalue weighted by molar-refractivity contribution is 9.10. The molecule has 0 aliphatic rings. The van der Waals surface area contributed by atoms with Crippen LogP contribution in [0, 0.1) is 0 Å². The van der Waals surface area contributed by atoms with E-state index in [0.717, 1.165) is 10.3 Å². The maximum Gasteiger partial charge on any atom is 0.261 e. The van der Waals surface area contributed by atoms with Gasteiger partial charge in [0.1, 0.15) is 11.6 Å². The average molecular weight is 338 g/mol. The van der Waals surface area contributed by atoms with Gasteiger partial charge in [-0.15, -0.1) is 0 Å². The number of nitrogens with one attached hydrogen (secondary N) is 1. The fraction of sp³-hybridized carbons (Fsp3) is 0.286. The van der Waals surface area contributed by atoms with Crippen molar-refractivity contribution in [1.82, 2.24) is 14.9 Å². The SMILES string of the molecule is CC(Oc1ccccc1Br)C(=O)NCc1nccn1C. The summed E-state index contributed by atoms with van der Waals surface area (Å²) in [5, 5.41) is 2.80. The van der Waals surface area contributed by atoms with Gasteiger partial charge in [-0.2, -0.15) is 0 Å². The number of halogens is 1. The molecule has 0 aliphatic carbocycles. The van der Waals surface area contributed by atoms with Gasteiger partial charge >= 0.3 is 0 Å². The summed E-state index contributed by atoms with van der Waals surface area (Å²) in [5.74, 6) is 1.27. The monoisotopic (exact) mass is 337 g/mol. The molecule has 0 bridgehead atoms. The molecule has 1 unspecified atom stereocenters. The molecule has 0 radical (unpaired) electrons. The molecular weight excluding hydrogens is 322 g/mol. The number of benzene rings is 1. The van der Waals surface area contributed by atoms with Crippen molar-refractivity contribution in [1.29, 1.82) is 0 Å². The number of para-hydroxylation sites is 1. The van der Waals surface area contributed by atoms with Gasteiger partial charge in [-0.05, 0) is 35.0 Å².